The molecule has 0 spiro atoms. The van der Waals surface area contributed by atoms with Crippen LogP contribution in [-0.4, -0.2) is 10.8 Å². The number of benzene rings is 1. The van der Waals surface area contributed by atoms with E-state index in [1.807, 2.05) is 25.1 Å². The van der Waals surface area contributed by atoms with E-state index in [2.05, 4.69) is 20.9 Å². The minimum atomic E-state index is -0.236. The molecule has 18 heavy (non-hydrogen) atoms. The van der Waals surface area contributed by atoms with Crippen LogP contribution in [0.15, 0.2) is 47.2 Å². The number of hydrogen-bond acceptors (Lipinski definition) is 2. The first kappa shape index (κ1) is 13.2. The Hall–Kier alpha value is -1.19. The maximum atomic E-state index is 12.4. The largest absolute Gasteiger partial charge is 0.293 e. The zero-order valence-electron chi connectivity index (χ0n) is 9.73. The first-order valence-corrected chi connectivity index (χ1v) is 6.66. The Labute approximate surface area is 119 Å². The number of halogens is 2. The summed E-state index contributed by atoms with van der Waals surface area (Å²) in [6.07, 6.45) is 3.36. The van der Waals surface area contributed by atoms with Crippen LogP contribution in [0, 0.1) is 0 Å². The van der Waals surface area contributed by atoms with Crippen LogP contribution in [0.1, 0.15) is 28.8 Å². The first-order chi connectivity index (χ1) is 8.59. The lowest BCUT2D eigenvalue weighted by Crippen LogP contribution is -2.10. The number of Topliss-reactive ketones (excluding diaryl/α,β-unsaturated/α-hetero) is 1. The lowest BCUT2D eigenvalue weighted by Gasteiger charge is -2.12. The van der Waals surface area contributed by atoms with Gasteiger partial charge in [0, 0.05) is 28.3 Å². The van der Waals surface area contributed by atoms with E-state index in [1.165, 1.54) is 0 Å². The summed E-state index contributed by atoms with van der Waals surface area (Å²) in [4.78, 5) is 16.3. The van der Waals surface area contributed by atoms with Crippen LogP contribution >= 0.6 is 27.5 Å². The van der Waals surface area contributed by atoms with Crippen molar-refractivity contribution >= 4 is 33.3 Å². The van der Waals surface area contributed by atoms with Gasteiger partial charge in [0.1, 0.15) is 0 Å². The Morgan fingerprint density at radius 1 is 1.28 bits per heavy atom. The van der Waals surface area contributed by atoms with Crippen molar-refractivity contribution in [2.45, 2.75) is 12.8 Å². The molecule has 0 saturated heterocycles. The Kier molecular flexibility index (Phi) is 4.15. The van der Waals surface area contributed by atoms with E-state index in [4.69, 9.17) is 11.6 Å². The molecule has 2 aromatic rings. The molecule has 0 aliphatic carbocycles. The SMILES string of the molecule is CC(C(=O)c1cc(Br)ccc1Cl)c1ccncc1. The molecule has 0 fully saturated rings. The summed E-state index contributed by atoms with van der Waals surface area (Å²) in [6.45, 7) is 1.87. The molecular formula is C14H11BrClNO. The molecule has 0 bridgehead atoms. The molecule has 1 atom stereocenters. The molecular weight excluding hydrogens is 314 g/mol. The molecule has 1 heterocycles. The third-order valence-corrected chi connectivity index (χ3v) is 3.62. The van der Waals surface area contributed by atoms with Gasteiger partial charge in [-0.25, -0.2) is 0 Å². The summed E-state index contributed by atoms with van der Waals surface area (Å²) in [7, 11) is 0. The van der Waals surface area contributed by atoms with E-state index in [0.717, 1.165) is 10.0 Å². The van der Waals surface area contributed by atoms with Crippen LogP contribution in [0.25, 0.3) is 0 Å². The highest BCUT2D eigenvalue weighted by molar-refractivity contribution is 9.10. The van der Waals surface area contributed by atoms with Crippen molar-refractivity contribution in [2.75, 3.05) is 0 Å². The molecule has 0 radical (unpaired) electrons. The Bertz CT molecular complexity index is 571. The zero-order chi connectivity index (χ0) is 13.1. The summed E-state index contributed by atoms with van der Waals surface area (Å²) in [6, 6.07) is 8.97. The summed E-state index contributed by atoms with van der Waals surface area (Å²) in [5.41, 5.74) is 1.47. The van der Waals surface area contributed by atoms with Gasteiger partial charge in [0.25, 0.3) is 0 Å². The van der Waals surface area contributed by atoms with E-state index in [1.54, 1.807) is 24.5 Å². The maximum absolute atomic E-state index is 12.4. The van der Waals surface area contributed by atoms with Crippen LogP contribution in [0.2, 0.25) is 5.02 Å². The normalized spacial score (nSPS) is 12.2. The van der Waals surface area contributed by atoms with E-state index in [0.29, 0.717) is 10.6 Å². The topological polar surface area (TPSA) is 30.0 Å². The number of nitrogens with zero attached hydrogens (tertiary/aromatic N) is 1. The summed E-state index contributed by atoms with van der Waals surface area (Å²) in [5.74, 6) is -0.229. The molecule has 2 rings (SSSR count). The highest BCUT2D eigenvalue weighted by Crippen LogP contribution is 2.27. The molecule has 2 nitrogen and oxygen atoms in total. The van der Waals surface area contributed by atoms with E-state index < -0.39 is 0 Å². The molecule has 0 N–H and O–H groups in total. The van der Waals surface area contributed by atoms with Crippen LogP contribution in [0.4, 0.5) is 0 Å². The second kappa shape index (κ2) is 5.63. The van der Waals surface area contributed by atoms with E-state index in [9.17, 15) is 4.79 Å². The lowest BCUT2D eigenvalue weighted by molar-refractivity contribution is 0.0966. The van der Waals surface area contributed by atoms with Gasteiger partial charge in [-0.15, -0.1) is 0 Å². The van der Waals surface area contributed by atoms with Crippen LogP contribution in [0.5, 0.6) is 0 Å². The van der Waals surface area contributed by atoms with Gasteiger partial charge in [0.15, 0.2) is 5.78 Å². The standard InChI is InChI=1S/C14H11BrClNO/c1-9(10-4-6-17-7-5-10)14(18)12-8-11(15)2-3-13(12)16/h2-9H,1H3. The van der Waals surface area contributed by atoms with Crippen LogP contribution in [0.3, 0.4) is 0 Å². The van der Waals surface area contributed by atoms with Crippen molar-refractivity contribution in [3.05, 3.63) is 63.3 Å². The Balaban J connectivity index is 2.34. The van der Waals surface area contributed by atoms with Gasteiger partial charge in [0.05, 0.1) is 5.02 Å². The van der Waals surface area contributed by atoms with E-state index >= 15 is 0 Å². The highest BCUT2D eigenvalue weighted by atomic mass is 79.9. The highest BCUT2D eigenvalue weighted by Gasteiger charge is 2.19. The fourth-order valence-corrected chi connectivity index (χ4v) is 2.29. The van der Waals surface area contributed by atoms with Gasteiger partial charge < -0.3 is 0 Å². The number of aromatic nitrogens is 1. The fraction of sp³-hybridized carbons (Fsp3) is 0.143. The third-order valence-electron chi connectivity index (χ3n) is 2.79. The minimum Gasteiger partial charge on any atom is -0.293 e. The average molecular weight is 325 g/mol. The number of pyridine rings is 1. The molecule has 0 aliphatic rings. The van der Waals surface area contributed by atoms with Crippen molar-refractivity contribution in [2.24, 2.45) is 0 Å². The van der Waals surface area contributed by atoms with Crippen LogP contribution < -0.4 is 0 Å². The van der Waals surface area contributed by atoms with Gasteiger partial charge in [-0.2, -0.15) is 0 Å². The number of hydrogen-bond donors (Lipinski definition) is 0. The van der Waals surface area contributed by atoms with Gasteiger partial charge in [-0.05, 0) is 35.9 Å². The smallest absolute Gasteiger partial charge is 0.171 e. The third kappa shape index (κ3) is 2.79. The van der Waals surface area contributed by atoms with Crippen molar-refractivity contribution in [1.29, 1.82) is 0 Å². The monoisotopic (exact) mass is 323 g/mol. The second-order valence-electron chi connectivity index (χ2n) is 3.99. The quantitative estimate of drug-likeness (QED) is 0.779. The number of carbonyl (C=O) groups is 1. The average Bonchev–Trinajstić information content (AvgIpc) is 2.41. The predicted molar refractivity (Wildman–Crippen MR) is 76.1 cm³/mol. The van der Waals surface area contributed by atoms with Gasteiger partial charge >= 0.3 is 0 Å². The summed E-state index contributed by atoms with van der Waals surface area (Å²) >= 11 is 9.42. The molecule has 1 unspecified atom stereocenters. The Morgan fingerprint density at radius 3 is 2.61 bits per heavy atom. The fourth-order valence-electron chi connectivity index (χ4n) is 1.72. The van der Waals surface area contributed by atoms with Gasteiger partial charge in [-0.1, -0.05) is 34.5 Å². The number of ketones is 1. The van der Waals surface area contributed by atoms with Gasteiger partial charge in [-0.3, -0.25) is 9.78 Å². The molecule has 92 valence electrons. The Morgan fingerprint density at radius 2 is 1.94 bits per heavy atom. The van der Waals surface area contributed by atoms with Gasteiger partial charge in [0.2, 0.25) is 0 Å². The molecule has 0 saturated carbocycles. The lowest BCUT2D eigenvalue weighted by atomic mass is 9.93. The second-order valence-corrected chi connectivity index (χ2v) is 5.31. The maximum Gasteiger partial charge on any atom is 0.171 e. The van der Waals surface area contributed by atoms with Crippen LogP contribution in [-0.2, 0) is 0 Å². The summed E-state index contributed by atoms with van der Waals surface area (Å²) < 4.78 is 0.845. The molecule has 4 heteroatoms. The number of rotatable bonds is 3. The van der Waals surface area contributed by atoms with Crippen molar-refractivity contribution < 1.29 is 4.79 Å². The molecule has 0 aliphatic heterocycles. The van der Waals surface area contributed by atoms with E-state index in [-0.39, 0.29) is 11.7 Å². The summed E-state index contributed by atoms with van der Waals surface area (Å²) in [5, 5.41) is 0.476. The molecule has 1 aromatic heterocycles. The molecule has 0 amide bonds. The molecule has 1 aromatic carbocycles. The number of carbonyl (C=O) groups excluding carboxylic acids is 1. The predicted octanol–water partition coefficient (Wildman–Crippen LogP) is 4.48. The minimum absolute atomic E-state index is 0.00694. The van der Waals surface area contributed by atoms with Crippen molar-refractivity contribution in [1.82, 2.24) is 4.98 Å². The van der Waals surface area contributed by atoms with Crippen molar-refractivity contribution in [3.8, 4) is 0 Å². The zero-order valence-corrected chi connectivity index (χ0v) is 12.1. The van der Waals surface area contributed by atoms with Crippen molar-refractivity contribution in [3.63, 3.8) is 0 Å². The first-order valence-electron chi connectivity index (χ1n) is 5.49.